The van der Waals surface area contributed by atoms with E-state index in [4.69, 9.17) is 9.26 Å². The van der Waals surface area contributed by atoms with E-state index >= 15 is 0 Å². The van der Waals surface area contributed by atoms with Crippen molar-refractivity contribution in [2.24, 2.45) is 0 Å². The van der Waals surface area contributed by atoms with Crippen LogP contribution in [0.4, 0.5) is 5.95 Å². The number of nitrogens with one attached hydrogen (secondary N) is 2. The third-order valence-corrected chi connectivity index (χ3v) is 10.7. The SMILES string of the molecule is CC(C)N(C(C)C)[PH](O)(CCC#N)O[C@H]1[C@@H](O)[C@H](n2cnc3c(=O)[nH]c(NC(=O)CCc4ccccc4)nc32)O[C@@H]1CO. The maximum atomic E-state index is 12.8. The molecule has 15 heteroatoms. The number of hydrogen-bond acceptors (Lipinski definition) is 11. The first-order valence-electron chi connectivity index (χ1n) is 14.3. The first-order valence-corrected chi connectivity index (χ1v) is 16.3. The number of aromatic nitrogens is 4. The van der Waals surface area contributed by atoms with Crippen LogP contribution in [-0.4, -0.2) is 88.4 Å². The van der Waals surface area contributed by atoms with Crippen LogP contribution in [0.15, 0.2) is 41.5 Å². The van der Waals surface area contributed by atoms with Crippen molar-refractivity contribution in [2.45, 2.75) is 83.6 Å². The maximum absolute atomic E-state index is 12.8. The fourth-order valence-corrected chi connectivity index (χ4v) is 8.88. The molecule has 4 rings (SSSR count). The molecule has 43 heavy (non-hydrogen) atoms. The Hall–Kier alpha value is -3.28. The zero-order valence-electron chi connectivity index (χ0n) is 24.7. The molecule has 0 bridgehead atoms. The summed E-state index contributed by atoms with van der Waals surface area (Å²) in [7, 11) is -3.81. The molecule has 1 aliphatic rings. The van der Waals surface area contributed by atoms with Gasteiger partial charge in [0.1, 0.15) is 0 Å². The molecule has 1 aliphatic heterocycles. The van der Waals surface area contributed by atoms with Crippen molar-refractivity contribution in [3.8, 4) is 6.07 Å². The van der Waals surface area contributed by atoms with Gasteiger partial charge in [-0.15, -0.1) is 0 Å². The fraction of sp³-hybridized carbons (Fsp3) is 0.536. The Kier molecular flexibility index (Phi) is 10.6. The zero-order valence-corrected chi connectivity index (χ0v) is 25.7. The predicted molar refractivity (Wildman–Crippen MR) is 161 cm³/mol. The second-order valence-corrected chi connectivity index (χ2v) is 13.8. The van der Waals surface area contributed by atoms with E-state index in [9.17, 15) is 30.0 Å². The van der Waals surface area contributed by atoms with Gasteiger partial charge in [0.05, 0.1) is 0 Å². The topological polar surface area (TPSA) is 199 Å². The van der Waals surface area contributed by atoms with Gasteiger partial charge in [0.2, 0.25) is 0 Å². The molecule has 5 N–H and O–H groups in total. The molecule has 3 heterocycles. The second kappa shape index (κ2) is 14.0. The molecular weight excluding hydrogens is 577 g/mol. The second-order valence-electron chi connectivity index (χ2n) is 11.1. The van der Waals surface area contributed by atoms with Crippen molar-refractivity contribution in [1.82, 2.24) is 24.2 Å². The van der Waals surface area contributed by atoms with Gasteiger partial charge in [0.15, 0.2) is 0 Å². The van der Waals surface area contributed by atoms with Crippen LogP contribution in [0.25, 0.3) is 11.2 Å². The van der Waals surface area contributed by atoms with Crippen molar-refractivity contribution < 1.29 is 29.2 Å². The number of ether oxygens (including phenoxy) is 1. The molecule has 1 amide bonds. The Bertz CT molecular complexity index is 1480. The number of nitriles is 1. The number of imidazole rings is 1. The molecule has 0 unspecified atom stereocenters. The van der Waals surface area contributed by atoms with E-state index in [-0.39, 0.29) is 54.1 Å². The standard InChI is InChI=1S/C28H40N7O7P/c1-17(2)35(18(3)4)43(40,14-8-13-29)42-24-20(15-36)41-27(23(24)38)34-16-30-22-25(34)32-28(33-26(22)39)31-21(37)12-11-19-9-6-5-7-10-19/h5-7,9-10,16-18,20,23-24,27,36,38,40,43H,8,11-12,14-15H2,1-4H3,(H2,31,32,33,37,39)/t20-,23-,24-,27-/m1/s1. The molecule has 0 spiro atoms. The Morgan fingerprint density at radius 1 is 1.28 bits per heavy atom. The van der Waals surface area contributed by atoms with E-state index < -0.39 is 44.6 Å². The van der Waals surface area contributed by atoms with Crippen LogP contribution in [0.2, 0.25) is 0 Å². The Labute approximate surface area is 249 Å². The summed E-state index contributed by atoms with van der Waals surface area (Å²) in [5.74, 6) is -0.455. The molecule has 3 aromatic rings. The van der Waals surface area contributed by atoms with Gasteiger partial charge in [-0.25, -0.2) is 0 Å². The van der Waals surface area contributed by atoms with Gasteiger partial charge in [0.25, 0.3) is 0 Å². The third kappa shape index (κ3) is 7.27. The van der Waals surface area contributed by atoms with E-state index in [0.717, 1.165) is 5.56 Å². The van der Waals surface area contributed by atoms with Gasteiger partial charge in [-0.2, -0.15) is 0 Å². The summed E-state index contributed by atoms with van der Waals surface area (Å²) >= 11 is 0. The summed E-state index contributed by atoms with van der Waals surface area (Å²) in [5.41, 5.74) is 0.367. The Morgan fingerprint density at radius 3 is 2.60 bits per heavy atom. The van der Waals surface area contributed by atoms with Gasteiger partial charge in [-0.1, -0.05) is 30.3 Å². The quantitative estimate of drug-likeness (QED) is 0.175. The third-order valence-electron chi connectivity index (χ3n) is 7.34. The van der Waals surface area contributed by atoms with Crippen LogP contribution < -0.4 is 10.9 Å². The number of aliphatic hydroxyl groups excluding tert-OH is 2. The number of H-pyrrole nitrogens is 1. The number of aryl methyl sites for hydroxylation is 1. The van der Waals surface area contributed by atoms with Gasteiger partial charge in [-0.3, -0.25) is 0 Å². The summed E-state index contributed by atoms with van der Waals surface area (Å²) in [6.45, 7) is 7.08. The van der Waals surface area contributed by atoms with Gasteiger partial charge in [-0.05, 0) is 5.56 Å². The number of aliphatic hydroxyl groups is 2. The average molecular weight is 618 g/mol. The van der Waals surface area contributed by atoms with Crippen molar-refractivity contribution in [2.75, 3.05) is 18.1 Å². The van der Waals surface area contributed by atoms with Gasteiger partial charge in [0, 0.05) is 0 Å². The van der Waals surface area contributed by atoms with Crippen LogP contribution in [0.5, 0.6) is 0 Å². The molecule has 0 radical (unpaired) electrons. The number of anilines is 1. The molecule has 2 aromatic heterocycles. The number of hydrogen-bond donors (Lipinski definition) is 5. The Balaban J connectivity index is 1.59. The van der Waals surface area contributed by atoms with Crippen molar-refractivity contribution in [3.63, 3.8) is 0 Å². The normalized spacial score (nSPS) is 21.1. The minimum absolute atomic E-state index is 0.0338. The average Bonchev–Trinajstić information content (AvgIpc) is 3.51. The number of rotatable bonds is 13. The van der Waals surface area contributed by atoms with Gasteiger partial charge >= 0.3 is 214 Å². The van der Waals surface area contributed by atoms with E-state index in [1.807, 2.05) is 62.7 Å². The van der Waals surface area contributed by atoms with Gasteiger partial charge < -0.3 is 0 Å². The summed E-state index contributed by atoms with van der Waals surface area (Å²) in [5, 5.41) is 33.4. The molecular formula is C28H40N7O7P. The summed E-state index contributed by atoms with van der Waals surface area (Å²) in [4.78, 5) is 48.2. The molecule has 0 saturated carbocycles. The summed E-state index contributed by atoms with van der Waals surface area (Å²) < 4.78 is 15.4. The molecule has 1 aromatic carbocycles. The zero-order chi connectivity index (χ0) is 31.3. The number of carbonyl (C=O) groups excluding carboxylic acids is 1. The molecule has 234 valence electrons. The number of nitrogens with zero attached hydrogens (tertiary/aromatic N) is 5. The number of aromatic amines is 1. The number of fused-ring (bicyclic) bond motifs is 1. The van der Waals surface area contributed by atoms with Crippen LogP contribution in [0.3, 0.4) is 0 Å². The van der Waals surface area contributed by atoms with Crippen LogP contribution >= 0.6 is 7.87 Å². The van der Waals surface area contributed by atoms with Crippen molar-refractivity contribution in [3.05, 3.63) is 52.6 Å². The van der Waals surface area contributed by atoms with Crippen LogP contribution in [-0.2, 0) is 20.5 Å². The monoisotopic (exact) mass is 617 g/mol. The molecule has 0 aliphatic carbocycles. The van der Waals surface area contributed by atoms with Crippen LogP contribution in [0, 0.1) is 11.3 Å². The van der Waals surface area contributed by atoms with E-state index in [0.29, 0.717) is 6.42 Å². The minimum atomic E-state index is -3.81. The number of amides is 1. The fourth-order valence-electron chi connectivity index (χ4n) is 5.60. The van der Waals surface area contributed by atoms with E-state index in [2.05, 4.69) is 26.3 Å². The first kappa shape index (κ1) is 32.6. The van der Waals surface area contributed by atoms with Crippen LogP contribution in [0.1, 0.15) is 52.3 Å². The number of benzene rings is 1. The van der Waals surface area contributed by atoms with Crippen molar-refractivity contribution >= 4 is 30.9 Å². The molecule has 14 nitrogen and oxygen atoms in total. The molecule has 1 saturated heterocycles. The first-order chi connectivity index (χ1) is 20.5. The van der Waals surface area contributed by atoms with Crippen molar-refractivity contribution in [1.29, 1.82) is 5.26 Å². The predicted octanol–water partition coefficient (Wildman–Crippen LogP) is 1.85. The number of carbonyl (C=O) groups is 1. The molecule has 1 fully saturated rings. The molecule has 4 atom stereocenters. The summed E-state index contributed by atoms with van der Waals surface area (Å²) in [6.07, 6.45) is -2.79. The van der Waals surface area contributed by atoms with E-state index in [1.165, 1.54) is 10.9 Å². The Morgan fingerprint density at radius 2 is 1.98 bits per heavy atom. The summed E-state index contributed by atoms with van der Waals surface area (Å²) in [6, 6.07) is 11.3. The van der Waals surface area contributed by atoms with E-state index in [1.54, 1.807) is 0 Å².